The molecule has 0 fully saturated rings. The fourth-order valence-corrected chi connectivity index (χ4v) is 1.93. The number of ether oxygens (including phenoxy) is 1. The monoisotopic (exact) mass is 312 g/mol. The fourth-order valence-electron chi connectivity index (χ4n) is 1.93. The molecule has 7 nitrogen and oxygen atoms in total. The number of nitrogens with one attached hydrogen (secondary N) is 2. The first-order chi connectivity index (χ1) is 11.2. The van der Waals surface area contributed by atoms with Crippen LogP contribution >= 0.6 is 0 Å². The molecule has 0 bridgehead atoms. The van der Waals surface area contributed by atoms with Crippen LogP contribution in [0.4, 0.5) is 5.95 Å². The highest BCUT2D eigenvalue weighted by Gasteiger charge is 2.16. The minimum absolute atomic E-state index is 0.196. The van der Waals surface area contributed by atoms with Crippen molar-refractivity contribution in [3.63, 3.8) is 0 Å². The summed E-state index contributed by atoms with van der Waals surface area (Å²) in [5.41, 5.74) is 1.76. The van der Waals surface area contributed by atoms with Gasteiger partial charge >= 0.3 is 0 Å². The molecule has 0 aliphatic carbocycles. The number of hydrogen-bond donors (Lipinski definition) is 2. The molecule has 2 aromatic heterocycles. The molecule has 1 amide bonds. The van der Waals surface area contributed by atoms with E-state index in [9.17, 15) is 4.79 Å². The highest BCUT2D eigenvalue weighted by molar-refractivity contribution is 5.92. The second-order valence-corrected chi connectivity index (χ2v) is 4.95. The molecule has 2 N–H and O–H groups in total. The third-order valence-corrected chi connectivity index (χ3v) is 3.23. The number of amides is 1. The SMILES string of the molecule is CC(OCc1ccccc1)C(=O)Nc1n[nH]c(-c2ccoc2)n1. The van der Waals surface area contributed by atoms with Crippen molar-refractivity contribution >= 4 is 11.9 Å². The van der Waals surface area contributed by atoms with Gasteiger partial charge in [-0.15, -0.1) is 5.10 Å². The molecular weight excluding hydrogens is 296 g/mol. The zero-order chi connectivity index (χ0) is 16.1. The number of carbonyl (C=O) groups is 1. The summed E-state index contributed by atoms with van der Waals surface area (Å²) in [6.45, 7) is 2.05. The van der Waals surface area contributed by atoms with E-state index < -0.39 is 6.10 Å². The average molecular weight is 312 g/mol. The van der Waals surface area contributed by atoms with Crippen LogP contribution < -0.4 is 5.32 Å². The maximum absolute atomic E-state index is 12.1. The van der Waals surface area contributed by atoms with Gasteiger partial charge in [-0.2, -0.15) is 4.98 Å². The van der Waals surface area contributed by atoms with E-state index in [4.69, 9.17) is 9.15 Å². The van der Waals surface area contributed by atoms with E-state index in [1.807, 2.05) is 30.3 Å². The summed E-state index contributed by atoms with van der Waals surface area (Å²) < 4.78 is 10.5. The highest BCUT2D eigenvalue weighted by Crippen LogP contribution is 2.16. The third kappa shape index (κ3) is 3.83. The first-order valence-corrected chi connectivity index (χ1v) is 7.14. The largest absolute Gasteiger partial charge is 0.472 e. The summed E-state index contributed by atoms with van der Waals surface area (Å²) in [6, 6.07) is 11.4. The van der Waals surface area contributed by atoms with Gasteiger partial charge < -0.3 is 9.15 Å². The number of H-pyrrole nitrogens is 1. The Morgan fingerprint density at radius 2 is 2.17 bits per heavy atom. The summed E-state index contributed by atoms with van der Waals surface area (Å²) in [4.78, 5) is 16.3. The predicted octanol–water partition coefficient (Wildman–Crippen LogP) is 2.61. The molecular formula is C16H16N4O3. The zero-order valence-electron chi connectivity index (χ0n) is 12.5. The second-order valence-electron chi connectivity index (χ2n) is 4.95. The van der Waals surface area contributed by atoms with Crippen molar-refractivity contribution in [2.45, 2.75) is 19.6 Å². The molecule has 0 saturated carbocycles. The number of anilines is 1. The molecule has 1 aromatic carbocycles. The van der Waals surface area contributed by atoms with E-state index in [0.717, 1.165) is 11.1 Å². The first kappa shape index (κ1) is 15.0. The van der Waals surface area contributed by atoms with Crippen LogP contribution in [0.3, 0.4) is 0 Å². The van der Waals surface area contributed by atoms with Gasteiger partial charge in [0.05, 0.1) is 18.4 Å². The Hall–Kier alpha value is -2.93. The molecule has 23 heavy (non-hydrogen) atoms. The van der Waals surface area contributed by atoms with Crippen LogP contribution in [-0.2, 0) is 16.1 Å². The molecule has 3 rings (SSSR count). The van der Waals surface area contributed by atoms with Gasteiger partial charge in [-0.05, 0) is 18.6 Å². The number of hydrogen-bond acceptors (Lipinski definition) is 5. The number of aromatic amines is 1. The lowest BCUT2D eigenvalue weighted by atomic mass is 10.2. The Bertz CT molecular complexity index is 753. The van der Waals surface area contributed by atoms with Crippen LogP contribution in [0.1, 0.15) is 12.5 Å². The van der Waals surface area contributed by atoms with Crippen LogP contribution in [0.2, 0.25) is 0 Å². The van der Waals surface area contributed by atoms with Crippen LogP contribution in [0.5, 0.6) is 0 Å². The van der Waals surface area contributed by atoms with Gasteiger partial charge in [0.25, 0.3) is 5.91 Å². The average Bonchev–Trinajstić information content (AvgIpc) is 3.24. The van der Waals surface area contributed by atoms with Gasteiger partial charge in [-0.1, -0.05) is 30.3 Å². The number of aromatic nitrogens is 3. The molecule has 0 spiro atoms. The maximum atomic E-state index is 12.1. The first-order valence-electron chi connectivity index (χ1n) is 7.14. The summed E-state index contributed by atoms with van der Waals surface area (Å²) in [5, 5.41) is 9.29. The molecule has 0 radical (unpaired) electrons. The molecule has 1 atom stereocenters. The van der Waals surface area contributed by atoms with Crippen molar-refractivity contribution in [2.24, 2.45) is 0 Å². The number of carbonyl (C=O) groups excluding carboxylic acids is 1. The van der Waals surface area contributed by atoms with Crippen molar-refractivity contribution in [1.82, 2.24) is 15.2 Å². The molecule has 1 unspecified atom stereocenters. The molecule has 0 aliphatic heterocycles. The van der Waals surface area contributed by atoms with Gasteiger partial charge in [0.1, 0.15) is 12.4 Å². The lowest BCUT2D eigenvalue weighted by Crippen LogP contribution is -2.28. The third-order valence-electron chi connectivity index (χ3n) is 3.23. The van der Waals surface area contributed by atoms with Crippen molar-refractivity contribution in [3.8, 4) is 11.4 Å². The quantitative estimate of drug-likeness (QED) is 0.730. The van der Waals surface area contributed by atoms with Gasteiger partial charge in [0.2, 0.25) is 5.95 Å². The topological polar surface area (TPSA) is 93.0 Å². The van der Waals surface area contributed by atoms with E-state index in [0.29, 0.717) is 12.4 Å². The van der Waals surface area contributed by atoms with Crippen LogP contribution in [0, 0.1) is 0 Å². The molecule has 7 heteroatoms. The number of rotatable bonds is 6. The van der Waals surface area contributed by atoms with Gasteiger partial charge in [0.15, 0.2) is 5.82 Å². The predicted molar refractivity (Wildman–Crippen MR) is 83.4 cm³/mol. The van der Waals surface area contributed by atoms with E-state index in [1.165, 1.54) is 12.5 Å². The Kier molecular flexibility index (Phi) is 4.49. The van der Waals surface area contributed by atoms with Crippen molar-refractivity contribution < 1.29 is 13.9 Å². The van der Waals surface area contributed by atoms with E-state index in [-0.39, 0.29) is 11.9 Å². The Balaban J connectivity index is 1.54. The lowest BCUT2D eigenvalue weighted by Gasteiger charge is -2.11. The summed E-state index contributed by atoms with van der Waals surface area (Å²) in [5.74, 6) is 0.409. The summed E-state index contributed by atoms with van der Waals surface area (Å²) >= 11 is 0. The summed E-state index contributed by atoms with van der Waals surface area (Å²) in [7, 11) is 0. The van der Waals surface area contributed by atoms with E-state index in [2.05, 4.69) is 20.5 Å². The molecule has 0 saturated heterocycles. The van der Waals surface area contributed by atoms with Crippen LogP contribution in [0.25, 0.3) is 11.4 Å². The Labute approximate surface area is 132 Å². The standard InChI is InChI=1S/C16H16N4O3/c1-11(23-9-12-5-3-2-4-6-12)15(21)18-16-17-14(19-20-16)13-7-8-22-10-13/h2-8,10-11H,9H2,1H3,(H2,17,18,19,20,21). The smallest absolute Gasteiger partial charge is 0.255 e. The highest BCUT2D eigenvalue weighted by atomic mass is 16.5. The van der Waals surface area contributed by atoms with Crippen LogP contribution in [0.15, 0.2) is 53.3 Å². The minimum Gasteiger partial charge on any atom is -0.472 e. The normalized spacial score (nSPS) is 12.0. The van der Waals surface area contributed by atoms with Gasteiger partial charge in [0, 0.05) is 0 Å². The number of furan rings is 1. The lowest BCUT2D eigenvalue weighted by molar-refractivity contribution is -0.127. The second kappa shape index (κ2) is 6.89. The Morgan fingerprint density at radius 1 is 1.35 bits per heavy atom. The minimum atomic E-state index is -0.619. The van der Waals surface area contributed by atoms with E-state index >= 15 is 0 Å². The van der Waals surface area contributed by atoms with Gasteiger partial charge in [-0.3, -0.25) is 15.2 Å². The fraction of sp³-hybridized carbons (Fsp3) is 0.188. The Morgan fingerprint density at radius 3 is 2.91 bits per heavy atom. The molecule has 2 heterocycles. The van der Waals surface area contributed by atoms with Crippen LogP contribution in [-0.4, -0.2) is 27.2 Å². The van der Waals surface area contributed by atoms with Crippen molar-refractivity contribution in [2.75, 3.05) is 5.32 Å². The zero-order valence-corrected chi connectivity index (χ0v) is 12.5. The summed E-state index contributed by atoms with van der Waals surface area (Å²) in [6.07, 6.45) is 2.46. The van der Waals surface area contributed by atoms with Gasteiger partial charge in [-0.25, -0.2) is 0 Å². The van der Waals surface area contributed by atoms with Crippen molar-refractivity contribution in [3.05, 3.63) is 54.5 Å². The maximum Gasteiger partial charge on any atom is 0.255 e. The molecule has 3 aromatic rings. The van der Waals surface area contributed by atoms with Crippen molar-refractivity contribution in [1.29, 1.82) is 0 Å². The molecule has 0 aliphatic rings. The van der Waals surface area contributed by atoms with E-state index in [1.54, 1.807) is 13.0 Å². The number of benzene rings is 1. The number of nitrogens with zero attached hydrogens (tertiary/aromatic N) is 2. The molecule has 118 valence electrons.